The molecule has 0 amide bonds. The number of hydrogen-bond donors (Lipinski definition) is 1. The van der Waals surface area contributed by atoms with Crippen LogP contribution in [0.15, 0.2) is 17.5 Å². The van der Waals surface area contributed by atoms with E-state index < -0.39 is 0 Å². The number of benzene rings is 1. The minimum atomic E-state index is -0.121. The van der Waals surface area contributed by atoms with Crippen molar-refractivity contribution in [2.75, 3.05) is 0 Å². The van der Waals surface area contributed by atoms with Gasteiger partial charge in [0.2, 0.25) is 0 Å². The number of nitrogens with zero attached hydrogens (tertiary/aromatic N) is 1. The SMILES string of the molecule is C[C@]12CC[C@@H]3c4cc(I)c(ON=O)cc4CC[C@H]3[C@@H]1CC[C@@H]2O. The van der Waals surface area contributed by atoms with Crippen molar-refractivity contribution in [2.45, 2.75) is 57.5 Å². The fourth-order valence-electron chi connectivity index (χ4n) is 5.65. The molecule has 1 aromatic rings. The average molecular weight is 427 g/mol. The molecule has 0 spiro atoms. The van der Waals surface area contributed by atoms with Crippen LogP contribution in [-0.2, 0) is 6.42 Å². The molecular weight excluding hydrogens is 405 g/mol. The minimum absolute atomic E-state index is 0.121. The van der Waals surface area contributed by atoms with Gasteiger partial charge in [-0.3, -0.25) is 0 Å². The van der Waals surface area contributed by atoms with Crippen molar-refractivity contribution in [3.63, 3.8) is 0 Å². The van der Waals surface area contributed by atoms with E-state index in [0.717, 1.165) is 29.3 Å². The van der Waals surface area contributed by atoms with Gasteiger partial charge in [-0.1, -0.05) is 6.92 Å². The molecule has 23 heavy (non-hydrogen) atoms. The van der Waals surface area contributed by atoms with Gasteiger partial charge < -0.3 is 9.94 Å². The lowest BCUT2D eigenvalue weighted by atomic mass is 9.55. The Labute approximate surface area is 150 Å². The smallest absolute Gasteiger partial charge is 0.175 e. The van der Waals surface area contributed by atoms with Crippen LogP contribution in [0.1, 0.15) is 56.1 Å². The van der Waals surface area contributed by atoms with Gasteiger partial charge in [0.05, 0.1) is 9.67 Å². The van der Waals surface area contributed by atoms with Crippen LogP contribution in [0.25, 0.3) is 0 Å². The largest absolute Gasteiger partial charge is 0.393 e. The monoisotopic (exact) mass is 427 g/mol. The summed E-state index contributed by atoms with van der Waals surface area (Å²) < 4.78 is 0.960. The van der Waals surface area contributed by atoms with Crippen molar-refractivity contribution in [1.82, 2.24) is 0 Å². The van der Waals surface area contributed by atoms with Crippen LogP contribution < -0.4 is 4.84 Å². The van der Waals surface area contributed by atoms with Gasteiger partial charge in [0.15, 0.2) is 11.1 Å². The molecule has 0 saturated heterocycles. The molecule has 4 nitrogen and oxygen atoms in total. The summed E-state index contributed by atoms with van der Waals surface area (Å²) >= 11 is 2.23. The Morgan fingerprint density at radius 1 is 1.30 bits per heavy atom. The second kappa shape index (κ2) is 5.69. The predicted octanol–water partition coefficient (Wildman–Crippen LogP) is 4.57. The van der Waals surface area contributed by atoms with Crippen molar-refractivity contribution >= 4 is 22.6 Å². The summed E-state index contributed by atoms with van der Waals surface area (Å²) in [4.78, 5) is 15.3. The summed E-state index contributed by atoms with van der Waals surface area (Å²) in [6.07, 6.45) is 6.50. The zero-order valence-corrected chi connectivity index (χ0v) is 15.5. The van der Waals surface area contributed by atoms with Gasteiger partial charge in [0.25, 0.3) is 0 Å². The van der Waals surface area contributed by atoms with E-state index in [9.17, 15) is 10.0 Å². The van der Waals surface area contributed by atoms with E-state index in [1.807, 2.05) is 6.07 Å². The molecule has 5 atom stereocenters. The molecule has 0 unspecified atom stereocenters. The molecule has 0 aliphatic heterocycles. The third kappa shape index (κ3) is 2.34. The summed E-state index contributed by atoms with van der Waals surface area (Å²) in [5, 5.41) is 13.0. The number of fused-ring (bicyclic) bond motifs is 5. The lowest BCUT2D eigenvalue weighted by Gasteiger charge is -2.50. The van der Waals surface area contributed by atoms with Gasteiger partial charge in [-0.25, -0.2) is 0 Å². The number of aliphatic hydroxyl groups excluding tert-OH is 1. The highest BCUT2D eigenvalue weighted by Crippen LogP contribution is 2.61. The molecular formula is C18H22INO3. The number of rotatable bonds is 2. The normalized spacial score (nSPS) is 38.4. The van der Waals surface area contributed by atoms with E-state index in [4.69, 9.17) is 4.84 Å². The molecule has 0 bridgehead atoms. The van der Waals surface area contributed by atoms with E-state index in [1.165, 1.54) is 24.0 Å². The van der Waals surface area contributed by atoms with Crippen LogP contribution in [0.5, 0.6) is 5.75 Å². The molecule has 1 aromatic carbocycles. The lowest BCUT2D eigenvalue weighted by molar-refractivity contribution is -0.0226. The van der Waals surface area contributed by atoms with Crippen molar-refractivity contribution < 1.29 is 9.94 Å². The Bertz CT molecular complexity index is 649. The number of aryl methyl sites for hydroxylation is 1. The molecule has 3 aliphatic carbocycles. The first-order valence-corrected chi connectivity index (χ1v) is 9.62. The summed E-state index contributed by atoms with van der Waals surface area (Å²) in [5.74, 6) is 2.50. The third-order valence-corrected chi connectivity index (χ3v) is 7.71. The molecule has 124 valence electrons. The third-order valence-electron chi connectivity index (χ3n) is 6.86. The standard InChI is InChI=1S/C18H22INO3/c1-18-7-6-11-12(14(18)4-5-17(18)21)3-2-10-8-16(23-20-22)15(19)9-13(10)11/h8-9,11-12,14,17,21H,2-7H2,1H3/t11-,12+,14-,17-,18-/m0/s1. The second-order valence-corrected chi connectivity index (χ2v) is 8.86. The van der Waals surface area contributed by atoms with Crippen LogP contribution >= 0.6 is 22.6 Å². The minimum Gasteiger partial charge on any atom is -0.393 e. The van der Waals surface area contributed by atoms with E-state index in [0.29, 0.717) is 23.5 Å². The molecule has 1 N–H and O–H groups in total. The van der Waals surface area contributed by atoms with Crippen LogP contribution in [0, 0.1) is 25.7 Å². The fraction of sp³-hybridized carbons (Fsp3) is 0.667. The molecule has 0 aromatic heterocycles. The van der Waals surface area contributed by atoms with E-state index in [1.54, 1.807) is 0 Å². The van der Waals surface area contributed by atoms with Crippen LogP contribution in [-0.4, -0.2) is 11.2 Å². The highest BCUT2D eigenvalue weighted by atomic mass is 127. The molecule has 2 fully saturated rings. The van der Waals surface area contributed by atoms with Crippen LogP contribution in [0.4, 0.5) is 0 Å². The van der Waals surface area contributed by atoms with Crippen LogP contribution in [0.3, 0.4) is 0 Å². The summed E-state index contributed by atoms with van der Waals surface area (Å²) in [5.41, 5.74) is 2.87. The van der Waals surface area contributed by atoms with Crippen molar-refractivity contribution in [3.8, 4) is 5.75 Å². The molecule has 4 rings (SSSR count). The number of hydrogen-bond acceptors (Lipinski definition) is 4. The van der Waals surface area contributed by atoms with Gasteiger partial charge in [0.1, 0.15) is 0 Å². The average Bonchev–Trinajstić information content (AvgIpc) is 2.84. The maximum absolute atomic E-state index is 10.5. The molecule has 0 radical (unpaired) electrons. The van der Waals surface area contributed by atoms with E-state index >= 15 is 0 Å². The first kappa shape index (κ1) is 15.8. The predicted molar refractivity (Wildman–Crippen MR) is 96.2 cm³/mol. The Balaban J connectivity index is 1.69. The summed E-state index contributed by atoms with van der Waals surface area (Å²) in [7, 11) is 0. The Morgan fingerprint density at radius 3 is 2.91 bits per heavy atom. The number of halogens is 1. The first-order valence-electron chi connectivity index (χ1n) is 8.54. The highest BCUT2D eigenvalue weighted by Gasteiger charge is 2.54. The Morgan fingerprint density at radius 2 is 2.13 bits per heavy atom. The van der Waals surface area contributed by atoms with Crippen LogP contribution in [0.2, 0.25) is 0 Å². The van der Waals surface area contributed by atoms with Gasteiger partial charge in [-0.2, -0.15) is 0 Å². The summed E-state index contributed by atoms with van der Waals surface area (Å²) in [6.45, 7) is 2.30. The maximum Gasteiger partial charge on any atom is 0.175 e. The maximum atomic E-state index is 10.5. The highest BCUT2D eigenvalue weighted by molar-refractivity contribution is 14.1. The van der Waals surface area contributed by atoms with Gasteiger partial charge in [0, 0.05) is 0 Å². The Hall–Kier alpha value is -0.690. The topological polar surface area (TPSA) is 58.9 Å². The first-order chi connectivity index (χ1) is 11.0. The molecule has 3 aliphatic rings. The van der Waals surface area contributed by atoms with Gasteiger partial charge >= 0.3 is 0 Å². The zero-order valence-electron chi connectivity index (χ0n) is 13.3. The summed E-state index contributed by atoms with van der Waals surface area (Å²) in [6, 6.07) is 4.20. The molecule has 5 heteroatoms. The molecule has 2 saturated carbocycles. The number of aliphatic hydroxyl groups is 1. The zero-order chi connectivity index (χ0) is 16.2. The van der Waals surface area contributed by atoms with Crippen molar-refractivity contribution in [3.05, 3.63) is 31.7 Å². The van der Waals surface area contributed by atoms with Crippen molar-refractivity contribution in [2.24, 2.45) is 22.6 Å². The quantitative estimate of drug-likeness (QED) is 0.428. The second-order valence-electron chi connectivity index (χ2n) is 7.70. The lowest BCUT2D eigenvalue weighted by Crippen LogP contribution is -2.43. The van der Waals surface area contributed by atoms with Gasteiger partial charge in [-0.05, 0) is 108 Å². The fourth-order valence-corrected chi connectivity index (χ4v) is 6.24. The van der Waals surface area contributed by atoms with Crippen molar-refractivity contribution in [1.29, 1.82) is 0 Å². The van der Waals surface area contributed by atoms with Gasteiger partial charge in [-0.15, -0.1) is 4.91 Å². The Kier molecular flexibility index (Phi) is 3.91. The molecule has 0 heterocycles. The van der Waals surface area contributed by atoms with E-state index in [2.05, 4.69) is 40.9 Å². The van der Waals surface area contributed by atoms with E-state index in [-0.39, 0.29) is 11.5 Å².